The molecule has 0 fully saturated rings. The van der Waals surface area contributed by atoms with E-state index in [0.717, 1.165) is 29.4 Å². The topological polar surface area (TPSA) is 82.5 Å². The third-order valence-corrected chi connectivity index (χ3v) is 4.49. The predicted molar refractivity (Wildman–Crippen MR) is 77.1 cm³/mol. The molecule has 2 aromatic rings. The molecular weight excluding hydrogens is 288 g/mol. The number of anilines is 1. The third kappa shape index (κ3) is 3.85. The molecule has 0 amide bonds. The minimum absolute atomic E-state index is 0.278. The second-order valence-corrected chi connectivity index (χ2v) is 6.44. The number of nitrogen functional groups attached to an aromatic ring is 1. The van der Waals surface area contributed by atoms with Gasteiger partial charge in [0.2, 0.25) is 5.16 Å². The summed E-state index contributed by atoms with van der Waals surface area (Å²) in [7, 11) is 1.83. The van der Waals surface area contributed by atoms with Gasteiger partial charge >= 0.3 is 0 Å². The van der Waals surface area contributed by atoms with Crippen molar-refractivity contribution in [3.8, 4) is 0 Å². The highest BCUT2D eigenvalue weighted by atomic mass is 32.2. The Morgan fingerprint density at radius 1 is 1.61 bits per heavy atom. The molecule has 0 aliphatic heterocycles. The molecule has 2 aromatic heterocycles. The molecule has 98 valence electrons. The van der Waals surface area contributed by atoms with Crippen molar-refractivity contribution in [2.45, 2.75) is 23.2 Å². The highest BCUT2D eigenvalue weighted by Gasteiger charge is 2.09. The number of aryl methyl sites for hydroxylation is 1. The molecule has 0 saturated carbocycles. The molecule has 9 heteroatoms. The summed E-state index contributed by atoms with van der Waals surface area (Å²) in [5, 5.41) is 15.0. The molecule has 18 heavy (non-hydrogen) atoms. The van der Waals surface area contributed by atoms with Gasteiger partial charge in [-0.15, -0.1) is 16.4 Å². The maximum atomic E-state index is 5.59. The Morgan fingerprint density at radius 2 is 2.44 bits per heavy atom. The fourth-order valence-electron chi connectivity index (χ4n) is 1.39. The molecule has 2 rings (SSSR count). The zero-order valence-electron chi connectivity index (χ0n) is 9.85. The fourth-order valence-corrected chi connectivity index (χ4v) is 3.36. The summed E-state index contributed by atoms with van der Waals surface area (Å²) in [5.74, 6) is 0.933. The number of hydrogen-bond acceptors (Lipinski definition) is 8. The molecule has 1 unspecified atom stereocenters. The highest BCUT2D eigenvalue weighted by Crippen LogP contribution is 2.19. The summed E-state index contributed by atoms with van der Waals surface area (Å²) in [6.07, 6.45) is 1.81. The van der Waals surface area contributed by atoms with Gasteiger partial charge < -0.3 is 5.73 Å². The van der Waals surface area contributed by atoms with Crippen LogP contribution in [0.2, 0.25) is 0 Å². The van der Waals surface area contributed by atoms with Crippen LogP contribution in [0.15, 0.2) is 10.5 Å². The van der Waals surface area contributed by atoms with Gasteiger partial charge in [0.05, 0.1) is 5.69 Å². The summed E-state index contributed by atoms with van der Waals surface area (Å²) in [5.41, 5.74) is 6.61. The molecule has 0 aliphatic carbocycles. The van der Waals surface area contributed by atoms with Crippen LogP contribution in [0.3, 0.4) is 0 Å². The van der Waals surface area contributed by atoms with Crippen molar-refractivity contribution < 1.29 is 0 Å². The quantitative estimate of drug-likeness (QED) is 0.618. The van der Waals surface area contributed by atoms with Gasteiger partial charge in [-0.3, -0.25) is 0 Å². The number of rotatable bonds is 6. The van der Waals surface area contributed by atoms with E-state index in [9.17, 15) is 0 Å². The molecule has 1 atom stereocenters. The van der Waals surface area contributed by atoms with Crippen molar-refractivity contribution in [2.24, 2.45) is 7.05 Å². The lowest BCUT2D eigenvalue weighted by molar-refractivity contribution is 0.664. The minimum atomic E-state index is 0.278. The molecule has 0 saturated heterocycles. The van der Waals surface area contributed by atoms with Crippen LogP contribution in [-0.4, -0.2) is 36.2 Å². The van der Waals surface area contributed by atoms with Crippen molar-refractivity contribution >= 4 is 40.9 Å². The fraction of sp³-hybridized carbons (Fsp3) is 0.556. The van der Waals surface area contributed by atoms with E-state index in [4.69, 9.17) is 5.73 Å². The molecule has 2 N–H and O–H groups in total. The number of thioether (sulfide) groups is 1. The van der Waals surface area contributed by atoms with Crippen LogP contribution in [0.5, 0.6) is 0 Å². The van der Waals surface area contributed by atoms with Gasteiger partial charge in [-0.2, -0.15) is 12.6 Å². The number of nitrogens with zero attached hydrogens (tertiary/aromatic N) is 5. The second-order valence-electron chi connectivity index (χ2n) is 3.76. The highest BCUT2D eigenvalue weighted by molar-refractivity contribution is 7.99. The van der Waals surface area contributed by atoms with E-state index in [1.165, 1.54) is 11.3 Å². The smallest absolute Gasteiger partial charge is 0.209 e. The summed E-state index contributed by atoms with van der Waals surface area (Å²) in [6, 6.07) is 0. The number of thiazole rings is 1. The molecule has 0 aromatic carbocycles. The number of nitrogens with two attached hydrogens (primary N) is 1. The van der Waals surface area contributed by atoms with Crippen molar-refractivity contribution in [2.75, 3.05) is 11.5 Å². The Morgan fingerprint density at radius 3 is 3.06 bits per heavy atom. The lowest BCUT2D eigenvalue weighted by atomic mass is 10.2. The minimum Gasteiger partial charge on any atom is -0.375 e. The van der Waals surface area contributed by atoms with E-state index in [-0.39, 0.29) is 5.25 Å². The average Bonchev–Trinajstić information content (AvgIpc) is 2.89. The summed E-state index contributed by atoms with van der Waals surface area (Å²) >= 11 is 7.66. The maximum Gasteiger partial charge on any atom is 0.209 e. The van der Waals surface area contributed by atoms with Gasteiger partial charge in [0.15, 0.2) is 5.13 Å². The monoisotopic (exact) mass is 302 g/mol. The average molecular weight is 302 g/mol. The van der Waals surface area contributed by atoms with Crippen molar-refractivity contribution in [3.63, 3.8) is 0 Å². The Hall–Kier alpha value is -0.800. The molecular formula is C9H14N6S3. The van der Waals surface area contributed by atoms with Gasteiger partial charge in [0.25, 0.3) is 0 Å². The molecule has 0 radical (unpaired) electrons. The number of aromatic nitrogens is 5. The van der Waals surface area contributed by atoms with Crippen LogP contribution in [0.1, 0.15) is 12.1 Å². The van der Waals surface area contributed by atoms with Crippen molar-refractivity contribution in [3.05, 3.63) is 11.1 Å². The Balaban J connectivity index is 1.72. The first-order valence-electron chi connectivity index (χ1n) is 5.38. The first-order chi connectivity index (χ1) is 8.65. The zero-order valence-corrected chi connectivity index (χ0v) is 12.4. The lowest BCUT2D eigenvalue weighted by Crippen LogP contribution is -2.06. The van der Waals surface area contributed by atoms with E-state index in [2.05, 4.69) is 33.1 Å². The van der Waals surface area contributed by atoms with Gasteiger partial charge in [-0.25, -0.2) is 9.67 Å². The van der Waals surface area contributed by atoms with E-state index in [1.54, 1.807) is 16.4 Å². The van der Waals surface area contributed by atoms with Crippen LogP contribution in [0.25, 0.3) is 0 Å². The summed E-state index contributed by atoms with van der Waals surface area (Å²) in [6.45, 7) is 0. The molecule has 0 spiro atoms. The van der Waals surface area contributed by atoms with Gasteiger partial charge in [-0.05, 0) is 16.8 Å². The third-order valence-electron chi connectivity index (χ3n) is 2.28. The first kappa shape index (κ1) is 13.6. The van der Waals surface area contributed by atoms with Gasteiger partial charge in [0.1, 0.15) is 0 Å². The van der Waals surface area contributed by atoms with Gasteiger partial charge in [0, 0.05) is 29.9 Å². The first-order valence-corrected chi connectivity index (χ1v) is 7.76. The zero-order chi connectivity index (χ0) is 13.0. The Bertz CT molecular complexity index is 496. The Kier molecular flexibility index (Phi) is 4.84. The van der Waals surface area contributed by atoms with Crippen LogP contribution < -0.4 is 5.73 Å². The van der Waals surface area contributed by atoms with E-state index in [0.29, 0.717) is 5.13 Å². The number of hydrogen-bond donors (Lipinski definition) is 2. The number of tetrazole rings is 1. The van der Waals surface area contributed by atoms with Crippen LogP contribution in [0, 0.1) is 0 Å². The van der Waals surface area contributed by atoms with Crippen LogP contribution >= 0.6 is 35.7 Å². The predicted octanol–water partition coefficient (Wildman–Crippen LogP) is 1.27. The molecule has 0 aliphatic rings. The van der Waals surface area contributed by atoms with Gasteiger partial charge in [-0.1, -0.05) is 11.8 Å². The van der Waals surface area contributed by atoms with Crippen LogP contribution in [0.4, 0.5) is 5.13 Å². The van der Waals surface area contributed by atoms with E-state index < -0.39 is 0 Å². The Labute approximate surface area is 119 Å². The lowest BCUT2D eigenvalue weighted by Gasteiger charge is -2.07. The largest absolute Gasteiger partial charge is 0.375 e. The molecule has 6 nitrogen and oxygen atoms in total. The molecule has 0 bridgehead atoms. The van der Waals surface area contributed by atoms with E-state index in [1.807, 2.05) is 12.4 Å². The SMILES string of the molecule is Cn1nnnc1SCCC(S)Cc1csc(N)n1. The normalized spacial score (nSPS) is 12.8. The van der Waals surface area contributed by atoms with Crippen LogP contribution in [-0.2, 0) is 13.5 Å². The maximum absolute atomic E-state index is 5.59. The van der Waals surface area contributed by atoms with Crippen molar-refractivity contribution in [1.29, 1.82) is 0 Å². The second kappa shape index (κ2) is 6.39. The standard InChI is InChI=1S/C9H14N6S3/c1-15-9(12-13-14-15)17-3-2-7(16)4-6-5-18-8(10)11-6/h5,7,16H,2-4H2,1H3,(H2,10,11). The summed E-state index contributed by atoms with van der Waals surface area (Å²) < 4.78 is 1.67. The molecule has 2 heterocycles. The number of thiol groups is 1. The summed E-state index contributed by atoms with van der Waals surface area (Å²) in [4.78, 5) is 4.23. The van der Waals surface area contributed by atoms with Crippen molar-refractivity contribution in [1.82, 2.24) is 25.2 Å². The van der Waals surface area contributed by atoms with E-state index >= 15 is 0 Å².